The summed E-state index contributed by atoms with van der Waals surface area (Å²) in [5, 5.41) is 2.55. The first-order valence-electron chi connectivity index (χ1n) is 7.84. The van der Waals surface area contributed by atoms with Crippen molar-refractivity contribution in [2.24, 2.45) is 0 Å². The van der Waals surface area contributed by atoms with Crippen LogP contribution in [0.4, 0.5) is 18.9 Å². The van der Waals surface area contributed by atoms with E-state index in [4.69, 9.17) is 21.1 Å². The van der Waals surface area contributed by atoms with E-state index in [-0.39, 0.29) is 10.6 Å². The van der Waals surface area contributed by atoms with Gasteiger partial charge in [-0.2, -0.15) is 13.2 Å². The summed E-state index contributed by atoms with van der Waals surface area (Å²) in [6.07, 6.45) is -2.56. The predicted octanol–water partition coefficient (Wildman–Crippen LogP) is 4.56. The molecule has 1 amide bonds. The number of carbonyl (C=O) groups excluding carboxylic acids is 2. The molecule has 0 fully saturated rings. The molecule has 5 nitrogen and oxygen atoms in total. The van der Waals surface area contributed by atoms with Gasteiger partial charge in [0.1, 0.15) is 5.75 Å². The van der Waals surface area contributed by atoms with Crippen molar-refractivity contribution in [3.63, 3.8) is 0 Å². The van der Waals surface area contributed by atoms with Crippen molar-refractivity contribution < 1.29 is 32.2 Å². The monoisotopic (exact) mass is 413 g/mol. The van der Waals surface area contributed by atoms with Gasteiger partial charge in [0.15, 0.2) is 6.61 Å². The molecular weight excluding hydrogens is 399 g/mol. The zero-order valence-corrected chi connectivity index (χ0v) is 15.3. The SMILES string of the molecule is COc1ccc(NC(=O)COC(=O)/C=C/c2cc(C(F)(F)F)ccc2Cl)cc1. The van der Waals surface area contributed by atoms with E-state index >= 15 is 0 Å². The highest BCUT2D eigenvalue weighted by atomic mass is 35.5. The van der Waals surface area contributed by atoms with Crippen LogP contribution in [0.1, 0.15) is 11.1 Å². The number of nitrogens with one attached hydrogen (secondary N) is 1. The lowest BCUT2D eigenvalue weighted by atomic mass is 10.1. The Morgan fingerprint density at radius 3 is 2.43 bits per heavy atom. The van der Waals surface area contributed by atoms with Gasteiger partial charge in [0.25, 0.3) is 5.91 Å². The number of ether oxygens (including phenoxy) is 2. The standard InChI is InChI=1S/C19H15ClF3NO4/c1-27-15-6-4-14(5-7-15)24-17(25)11-28-18(26)9-2-12-10-13(19(21,22)23)3-8-16(12)20/h2-10H,11H2,1H3,(H,24,25)/b9-2+. The number of anilines is 1. The molecule has 0 aromatic heterocycles. The maximum atomic E-state index is 12.7. The minimum absolute atomic E-state index is 0.00359. The van der Waals surface area contributed by atoms with E-state index in [1.165, 1.54) is 7.11 Å². The largest absolute Gasteiger partial charge is 0.497 e. The van der Waals surface area contributed by atoms with Crippen LogP contribution in [0.25, 0.3) is 6.08 Å². The van der Waals surface area contributed by atoms with Gasteiger partial charge in [0.2, 0.25) is 0 Å². The Morgan fingerprint density at radius 1 is 1.14 bits per heavy atom. The summed E-state index contributed by atoms with van der Waals surface area (Å²) in [4.78, 5) is 23.4. The summed E-state index contributed by atoms with van der Waals surface area (Å²) in [6.45, 7) is -0.564. The van der Waals surface area contributed by atoms with E-state index in [1.807, 2.05) is 0 Å². The molecule has 1 N–H and O–H groups in total. The fourth-order valence-electron chi connectivity index (χ4n) is 2.06. The molecule has 0 spiro atoms. The lowest BCUT2D eigenvalue weighted by Gasteiger charge is -2.08. The van der Waals surface area contributed by atoms with Crippen molar-refractivity contribution in [2.75, 3.05) is 19.0 Å². The number of benzene rings is 2. The smallest absolute Gasteiger partial charge is 0.416 e. The van der Waals surface area contributed by atoms with E-state index in [0.717, 1.165) is 30.4 Å². The Bertz CT molecular complexity index is 880. The number of alkyl halides is 3. The molecule has 0 radical (unpaired) electrons. The topological polar surface area (TPSA) is 64.6 Å². The minimum atomic E-state index is -4.53. The van der Waals surface area contributed by atoms with Gasteiger partial charge in [-0.1, -0.05) is 11.6 Å². The summed E-state index contributed by atoms with van der Waals surface area (Å²) < 4.78 is 47.9. The Kier molecular flexibility index (Phi) is 7.06. The molecular formula is C19H15ClF3NO4. The number of esters is 1. The quantitative estimate of drug-likeness (QED) is 0.557. The second-order valence-corrected chi connectivity index (χ2v) is 5.86. The molecule has 0 bridgehead atoms. The van der Waals surface area contributed by atoms with Crippen LogP contribution in [0, 0.1) is 0 Å². The van der Waals surface area contributed by atoms with Crippen LogP contribution in [0.5, 0.6) is 5.75 Å². The van der Waals surface area contributed by atoms with Gasteiger partial charge in [-0.15, -0.1) is 0 Å². The van der Waals surface area contributed by atoms with Crippen LogP contribution in [-0.2, 0) is 20.5 Å². The number of rotatable bonds is 6. The Morgan fingerprint density at radius 2 is 1.82 bits per heavy atom. The molecule has 2 rings (SSSR count). The van der Waals surface area contributed by atoms with Crippen LogP contribution in [0.15, 0.2) is 48.5 Å². The molecule has 0 heterocycles. The van der Waals surface area contributed by atoms with E-state index in [1.54, 1.807) is 24.3 Å². The van der Waals surface area contributed by atoms with Crippen molar-refractivity contribution in [3.05, 3.63) is 64.7 Å². The van der Waals surface area contributed by atoms with E-state index in [9.17, 15) is 22.8 Å². The molecule has 0 aliphatic rings. The van der Waals surface area contributed by atoms with Crippen molar-refractivity contribution >= 4 is 35.2 Å². The molecule has 0 saturated carbocycles. The number of carbonyl (C=O) groups is 2. The maximum absolute atomic E-state index is 12.7. The third-order valence-corrected chi connectivity index (χ3v) is 3.79. The molecule has 0 aliphatic heterocycles. The van der Waals surface area contributed by atoms with Gasteiger partial charge >= 0.3 is 12.1 Å². The minimum Gasteiger partial charge on any atom is -0.497 e. The van der Waals surface area contributed by atoms with Gasteiger partial charge in [-0.25, -0.2) is 4.79 Å². The molecule has 0 saturated heterocycles. The summed E-state index contributed by atoms with van der Waals surface area (Å²) in [6, 6.07) is 9.22. The Labute approximate surface area is 163 Å². The highest BCUT2D eigenvalue weighted by Crippen LogP contribution is 2.32. The molecule has 0 aliphatic carbocycles. The average Bonchev–Trinajstić information content (AvgIpc) is 2.65. The fourth-order valence-corrected chi connectivity index (χ4v) is 2.24. The lowest BCUT2D eigenvalue weighted by molar-refractivity contribution is -0.142. The number of hydrogen-bond acceptors (Lipinski definition) is 4. The average molecular weight is 414 g/mol. The summed E-state index contributed by atoms with van der Waals surface area (Å²) >= 11 is 5.83. The van der Waals surface area contributed by atoms with Crippen LogP contribution in [-0.4, -0.2) is 25.6 Å². The highest BCUT2D eigenvalue weighted by Gasteiger charge is 2.30. The first-order valence-corrected chi connectivity index (χ1v) is 8.22. The van der Waals surface area contributed by atoms with Crippen LogP contribution >= 0.6 is 11.6 Å². The second kappa shape index (κ2) is 9.27. The first kappa shape index (κ1) is 21.3. The highest BCUT2D eigenvalue weighted by molar-refractivity contribution is 6.32. The van der Waals surface area contributed by atoms with Gasteiger partial charge in [-0.05, 0) is 54.1 Å². The van der Waals surface area contributed by atoms with E-state index < -0.39 is 30.2 Å². The number of hydrogen-bond donors (Lipinski definition) is 1. The molecule has 9 heteroatoms. The molecule has 148 valence electrons. The first-order chi connectivity index (χ1) is 13.2. The van der Waals surface area contributed by atoms with Crippen LogP contribution < -0.4 is 10.1 Å². The van der Waals surface area contributed by atoms with E-state index in [2.05, 4.69) is 5.32 Å². The van der Waals surface area contributed by atoms with Crippen molar-refractivity contribution in [1.82, 2.24) is 0 Å². The van der Waals surface area contributed by atoms with Crippen LogP contribution in [0.2, 0.25) is 5.02 Å². The number of methoxy groups -OCH3 is 1. The van der Waals surface area contributed by atoms with Crippen molar-refractivity contribution in [2.45, 2.75) is 6.18 Å². The van der Waals surface area contributed by atoms with Gasteiger partial charge in [-0.3, -0.25) is 4.79 Å². The van der Waals surface area contributed by atoms with Gasteiger partial charge in [0.05, 0.1) is 12.7 Å². The van der Waals surface area contributed by atoms with Gasteiger partial charge in [0, 0.05) is 16.8 Å². The zero-order valence-electron chi connectivity index (χ0n) is 14.5. The van der Waals surface area contributed by atoms with Gasteiger partial charge < -0.3 is 14.8 Å². The number of halogens is 4. The normalized spacial score (nSPS) is 11.3. The van der Waals surface area contributed by atoms with Crippen LogP contribution in [0.3, 0.4) is 0 Å². The van der Waals surface area contributed by atoms with Crippen molar-refractivity contribution in [1.29, 1.82) is 0 Å². The predicted molar refractivity (Wildman–Crippen MR) is 98.1 cm³/mol. The summed E-state index contributed by atoms with van der Waals surface area (Å²) in [7, 11) is 1.51. The Hall–Kier alpha value is -3.00. The third kappa shape index (κ3) is 6.31. The fraction of sp³-hybridized carbons (Fsp3) is 0.158. The molecule has 2 aromatic rings. The maximum Gasteiger partial charge on any atom is 0.416 e. The molecule has 2 aromatic carbocycles. The molecule has 0 atom stereocenters. The molecule has 0 unspecified atom stereocenters. The van der Waals surface area contributed by atoms with Crippen molar-refractivity contribution in [3.8, 4) is 5.75 Å². The number of amides is 1. The molecule has 28 heavy (non-hydrogen) atoms. The summed E-state index contributed by atoms with van der Waals surface area (Å²) in [5.74, 6) is -0.870. The third-order valence-electron chi connectivity index (χ3n) is 3.44. The zero-order chi connectivity index (χ0) is 20.7. The Balaban J connectivity index is 1.90. The summed E-state index contributed by atoms with van der Waals surface area (Å²) in [5.41, 5.74) is -0.423. The lowest BCUT2D eigenvalue weighted by Crippen LogP contribution is -2.20. The second-order valence-electron chi connectivity index (χ2n) is 5.45. The van der Waals surface area contributed by atoms with E-state index in [0.29, 0.717) is 11.4 Å².